The van der Waals surface area contributed by atoms with Crippen LogP contribution in [0.15, 0.2) is 47.4 Å². The maximum atomic E-state index is 12.4. The number of thioether (sulfide) groups is 1. The molecule has 2 rings (SSSR count). The van der Waals surface area contributed by atoms with Crippen molar-refractivity contribution in [3.8, 4) is 5.75 Å². The van der Waals surface area contributed by atoms with Crippen LogP contribution in [0.1, 0.15) is 28.9 Å². The van der Waals surface area contributed by atoms with Crippen LogP contribution >= 0.6 is 23.4 Å². The summed E-state index contributed by atoms with van der Waals surface area (Å²) in [4.78, 5) is 13.4. The Hall–Kier alpha value is -1.65. The number of benzene rings is 2. The van der Waals surface area contributed by atoms with Gasteiger partial charge >= 0.3 is 0 Å². The molecule has 0 saturated heterocycles. The summed E-state index contributed by atoms with van der Waals surface area (Å²) < 4.78 is 5.13. The average Bonchev–Trinajstić information content (AvgIpc) is 2.55. The maximum Gasteiger partial charge on any atom is 0.253 e. The van der Waals surface area contributed by atoms with Crippen LogP contribution in [0.25, 0.3) is 0 Å². The maximum absolute atomic E-state index is 12.4. The molecular formula is C17H18ClNO2S. The van der Waals surface area contributed by atoms with Crippen molar-refractivity contribution in [3.63, 3.8) is 0 Å². The number of halogens is 1. The van der Waals surface area contributed by atoms with E-state index in [9.17, 15) is 4.79 Å². The van der Waals surface area contributed by atoms with E-state index in [4.69, 9.17) is 16.3 Å². The Labute approximate surface area is 140 Å². The summed E-state index contributed by atoms with van der Waals surface area (Å²) in [5, 5.41) is 3.42. The van der Waals surface area contributed by atoms with Gasteiger partial charge in [-0.2, -0.15) is 0 Å². The number of carbonyl (C=O) groups is 1. The molecule has 0 aliphatic heterocycles. The Morgan fingerprint density at radius 1 is 1.23 bits per heavy atom. The Balaban J connectivity index is 2.13. The molecule has 0 saturated carbocycles. The predicted molar refractivity (Wildman–Crippen MR) is 92.1 cm³/mol. The Morgan fingerprint density at radius 2 is 1.91 bits per heavy atom. The van der Waals surface area contributed by atoms with E-state index >= 15 is 0 Å². The van der Waals surface area contributed by atoms with Crippen molar-refractivity contribution in [3.05, 3.63) is 58.6 Å². The summed E-state index contributed by atoms with van der Waals surface area (Å²) >= 11 is 7.71. The number of hydrogen-bond donors (Lipinski definition) is 1. The fourth-order valence-corrected chi connectivity index (χ4v) is 2.70. The molecule has 0 aliphatic rings. The fourth-order valence-electron chi connectivity index (χ4n) is 2.06. The molecule has 5 heteroatoms. The Kier molecular flexibility index (Phi) is 5.75. The van der Waals surface area contributed by atoms with E-state index in [1.54, 1.807) is 24.9 Å². The van der Waals surface area contributed by atoms with E-state index in [-0.39, 0.29) is 11.9 Å². The second-order valence-corrected chi connectivity index (χ2v) is 6.10. The number of amides is 1. The van der Waals surface area contributed by atoms with Gasteiger partial charge in [0.2, 0.25) is 0 Å². The highest BCUT2D eigenvalue weighted by Crippen LogP contribution is 2.24. The van der Waals surface area contributed by atoms with Gasteiger partial charge in [0.15, 0.2) is 0 Å². The normalized spacial score (nSPS) is 11.8. The molecule has 2 aromatic rings. The van der Waals surface area contributed by atoms with Gasteiger partial charge in [0, 0.05) is 4.90 Å². The SMILES string of the molecule is COc1ccc([C@@H](C)NC(=O)c2cc(SC)ccc2Cl)cc1. The van der Waals surface area contributed by atoms with E-state index in [0.717, 1.165) is 16.2 Å². The quantitative estimate of drug-likeness (QED) is 0.814. The molecule has 0 heterocycles. The topological polar surface area (TPSA) is 38.3 Å². The monoisotopic (exact) mass is 335 g/mol. The van der Waals surface area contributed by atoms with Crippen LogP contribution < -0.4 is 10.1 Å². The predicted octanol–water partition coefficient (Wildman–Crippen LogP) is 4.56. The fraction of sp³-hybridized carbons (Fsp3) is 0.235. The minimum atomic E-state index is -0.177. The molecule has 1 atom stereocenters. The van der Waals surface area contributed by atoms with Crippen LogP contribution in [0.3, 0.4) is 0 Å². The van der Waals surface area contributed by atoms with E-state index in [1.807, 2.05) is 49.6 Å². The number of rotatable bonds is 5. The van der Waals surface area contributed by atoms with Gasteiger partial charge in [0.05, 0.1) is 23.7 Å². The molecule has 0 fully saturated rings. The molecular weight excluding hydrogens is 318 g/mol. The number of ether oxygens (including phenoxy) is 1. The largest absolute Gasteiger partial charge is 0.497 e. The highest BCUT2D eigenvalue weighted by atomic mass is 35.5. The van der Waals surface area contributed by atoms with Crippen molar-refractivity contribution in [2.75, 3.05) is 13.4 Å². The molecule has 0 bridgehead atoms. The number of nitrogens with one attached hydrogen (secondary N) is 1. The summed E-state index contributed by atoms with van der Waals surface area (Å²) in [6.07, 6.45) is 1.96. The third-order valence-corrected chi connectivity index (χ3v) is 4.44. The summed E-state index contributed by atoms with van der Waals surface area (Å²) in [5.74, 6) is 0.613. The van der Waals surface area contributed by atoms with Gasteiger partial charge in [-0.15, -0.1) is 11.8 Å². The van der Waals surface area contributed by atoms with Crippen LogP contribution in [0.2, 0.25) is 5.02 Å². The lowest BCUT2D eigenvalue weighted by Crippen LogP contribution is -2.26. The highest BCUT2D eigenvalue weighted by Gasteiger charge is 2.15. The van der Waals surface area contributed by atoms with Gasteiger partial charge in [-0.05, 0) is 49.1 Å². The zero-order valence-electron chi connectivity index (χ0n) is 12.7. The highest BCUT2D eigenvalue weighted by molar-refractivity contribution is 7.98. The lowest BCUT2D eigenvalue weighted by molar-refractivity contribution is 0.0940. The standard InChI is InChI=1S/C17H18ClNO2S/c1-11(12-4-6-13(21-2)7-5-12)19-17(20)15-10-14(22-3)8-9-16(15)18/h4-11H,1-3H3,(H,19,20)/t11-/m1/s1. The van der Waals surface area contributed by atoms with E-state index in [2.05, 4.69) is 5.32 Å². The first-order valence-corrected chi connectivity index (χ1v) is 8.43. The first-order chi connectivity index (χ1) is 10.5. The van der Waals surface area contributed by atoms with E-state index in [1.165, 1.54) is 0 Å². The van der Waals surface area contributed by atoms with Gasteiger partial charge < -0.3 is 10.1 Å². The van der Waals surface area contributed by atoms with Gasteiger partial charge in [0.25, 0.3) is 5.91 Å². The summed E-state index contributed by atoms with van der Waals surface area (Å²) in [6, 6.07) is 13.0. The number of carbonyl (C=O) groups excluding carboxylic acids is 1. The van der Waals surface area contributed by atoms with Crippen LogP contribution in [0.5, 0.6) is 5.75 Å². The third-order valence-electron chi connectivity index (χ3n) is 3.38. The molecule has 0 aliphatic carbocycles. The molecule has 1 amide bonds. The zero-order valence-corrected chi connectivity index (χ0v) is 14.3. The van der Waals surface area contributed by atoms with Gasteiger partial charge in [-0.1, -0.05) is 23.7 Å². The van der Waals surface area contributed by atoms with Crippen LogP contribution in [-0.2, 0) is 0 Å². The molecule has 22 heavy (non-hydrogen) atoms. The number of hydrogen-bond acceptors (Lipinski definition) is 3. The Morgan fingerprint density at radius 3 is 2.50 bits per heavy atom. The molecule has 116 valence electrons. The molecule has 0 aromatic heterocycles. The Bertz CT molecular complexity index is 658. The van der Waals surface area contributed by atoms with Crippen molar-refractivity contribution >= 4 is 29.3 Å². The third kappa shape index (κ3) is 3.96. The minimum absolute atomic E-state index is 0.118. The average molecular weight is 336 g/mol. The molecule has 2 aromatic carbocycles. The first-order valence-electron chi connectivity index (χ1n) is 6.83. The van der Waals surface area contributed by atoms with Gasteiger partial charge in [-0.25, -0.2) is 0 Å². The molecule has 0 unspecified atom stereocenters. The smallest absolute Gasteiger partial charge is 0.253 e. The van der Waals surface area contributed by atoms with Crippen molar-refractivity contribution in [2.45, 2.75) is 17.9 Å². The molecule has 1 N–H and O–H groups in total. The van der Waals surface area contributed by atoms with E-state index < -0.39 is 0 Å². The van der Waals surface area contributed by atoms with Crippen molar-refractivity contribution in [1.82, 2.24) is 5.32 Å². The van der Waals surface area contributed by atoms with Crippen LogP contribution in [0, 0.1) is 0 Å². The molecule has 0 radical (unpaired) electrons. The van der Waals surface area contributed by atoms with Gasteiger partial charge in [-0.3, -0.25) is 4.79 Å². The molecule has 0 spiro atoms. The van der Waals surface area contributed by atoms with Gasteiger partial charge in [0.1, 0.15) is 5.75 Å². The second kappa shape index (κ2) is 7.56. The summed E-state index contributed by atoms with van der Waals surface area (Å²) in [6.45, 7) is 1.94. The lowest BCUT2D eigenvalue weighted by Gasteiger charge is -2.15. The van der Waals surface area contributed by atoms with Crippen LogP contribution in [0.4, 0.5) is 0 Å². The van der Waals surface area contributed by atoms with Crippen LogP contribution in [-0.4, -0.2) is 19.3 Å². The summed E-state index contributed by atoms with van der Waals surface area (Å²) in [7, 11) is 1.63. The van der Waals surface area contributed by atoms with Crippen molar-refractivity contribution in [1.29, 1.82) is 0 Å². The zero-order chi connectivity index (χ0) is 16.1. The summed E-state index contributed by atoms with van der Waals surface area (Å²) in [5.41, 5.74) is 1.50. The van der Waals surface area contributed by atoms with Crippen molar-refractivity contribution < 1.29 is 9.53 Å². The first kappa shape index (κ1) is 16.7. The lowest BCUT2D eigenvalue weighted by atomic mass is 10.1. The van der Waals surface area contributed by atoms with Crippen molar-refractivity contribution in [2.24, 2.45) is 0 Å². The molecule has 3 nitrogen and oxygen atoms in total. The second-order valence-electron chi connectivity index (χ2n) is 4.81. The minimum Gasteiger partial charge on any atom is -0.497 e. The van der Waals surface area contributed by atoms with E-state index in [0.29, 0.717) is 10.6 Å². The number of methoxy groups -OCH3 is 1.